The number of fused-ring (bicyclic) bond motifs is 1. The normalized spacial score (nSPS) is 12.8. The highest BCUT2D eigenvalue weighted by molar-refractivity contribution is 5.74. The van der Waals surface area contributed by atoms with Gasteiger partial charge >= 0.3 is 0 Å². The number of nitrogens with two attached hydrogens (primary N) is 1. The molecule has 17 heavy (non-hydrogen) atoms. The lowest BCUT2D eigenvalue weighted by Gasteiger charge is -2.16. The summed E-state index contributed by atoms with van der Waals surface area (Å²) >= 11 is 0. The monoisotopic (exact) mass is 230 g/mol. The number of benzene rings is 1. The SMILES string of the molecule is C=C(C)CC(Cn1cnc2ccccc21)NN. The fraction of sp³-hybridized carbons (Fsp3) is 0.308. The summed E-state index contributed by atoms with van der Waals surface area (Å²) in [6.45, 7) is 6.72. The highest BCUT2D eigenvalue weighted by atomic mass is 15.2. The first kappa shape index (κ1) is 11.8. The van der Waals surface area contributed by atoms with Crippen LogP contribution in [0.2, 0.25) is 0 Å². The molecule has 0 saturated heterocycles. The largest absolute Gasteiger partial charge is 0.329 e. The summed E-state index contributed by atoms with van der Waals surface area (Å²) in [6.07, 6.45) is 2.72. The number of nitrogens with one attached hydrogen (secondary N) is 1. The third-order valence-electron chi connectivity index (χ3n) is 2.78. The molecule has 0 saturated carbocycles. The Kier molecular flexibility index (Phi) is 3.56. The van der Waals surface area contributed by atoms with Crippen LogP contribution in [0.5, 0.6) is 0 Å². The molecule has 90 valence electrons. The van der Waals surface area contributed by atoms with Gasteiger partial charge in [0.1, 0.15) is 0 Å². The molecule has 0 fully saturated rings. The third kappa shape index (κ3) is 2.72. The van der Waals surface area contributed by atoms with Crippen LogP contribution in [0.15, 0.2) is 42.7 Å². The van der Waals surface area contributed by atoms with Crippen LogP contribution in [0.1, 0.15) is 13.3 Å². The second-order valence-electron chi connectivity index (χ2n) is 4.41. The molecule has 1 aromatic heterocycles. The van der Waals surface area contributed by atoms with E-state index in [-0.39, 0.29) is 6.04 Å². The van der Waals surface area contributed by atoms with Gasteiger partial charge in [-0.2, -0.15) is 0 Å². The molecule has 4 nitrogen and oxygen atoms in total. The van der Waals surface area contributed by atoms with E-state index in [1.54, 1.807) is 0 Å². The van der Waals surface area contributed by atoms with Crippen molar-refractivity contribution in [1.29, 1.82) is 0 Å². The molecule has 4 heteroatoms. The number of hydrogen-bond acceptors (Lipinski definition) is 3. The Balaban J connectivity index is 2.19. The Morgan fingerprint density at radius 3 is 3.00 bits per heavy atom. The van der Waals surface area contributed by atoms with Crippen LogP contribution in [0.4, 0.5) is 0 Å². The summed E-state index contributed by atoms with van der Waals surface area (Å²) in [5, 5.41) is 0. The van der Waals surface area contributed by atoms with Gasteiger partial charge < -0.3 is 4.57 Å². The van der Waals surface area contributed by atoms with Crippen molar-refractivity contribution in [2.45, 2.75) is 25.9 Å². The quantitative estimate of drug-likeness (QED) is 0.468. The topological polar surface area (TPSA) is 55.9 Å². The van der Waals surface area contributed by atoms with Crippen molar-refractivity contribution in [3.63, 3.8) is 0 Å². The summed E-state index contributed by atoms with van der Waals surface area (Å²) in [5.41, 5.74) is 6.10. The summed E-state index contributed by atoms with van der Waals surface area (Å²) in [4.78, 5) is 4.36. The number of hydrogen-bond donors (Lipinski definition) is 2. The second kappa shape index (κ2) is 5.12. The summed E-state index contributed by atoms with van der Waals surface area (Å²) < 4.78 is 2.11. The maximum absolute atomic E-state index is 5.56. The van der Waals surface area contributed by atoms with Crippen molar-refractivity contribution in [2.24, 2.45) is 5.84 Å². The van der Waals surface area contributed by atoms with Crippen LogP contribution in [0.25, 0.3) is 11.0 Å². The highest BCUT2D eigenvalue weighted by Gasteiger charge is 2.09. The van der Waals surface area contributed by atoms with E-state index in [0.717, 1.165) is 29.6 Å². The van der Waals surface area contributed by atoms with Crippen LogP contribution in [0, 0.1) is 0 Å². The van der Waals surface area contributed by atoms with Gasteiger partial charge in [-0.15, -0.1) is 6.58 Å². The van der Waals surface area contributed by atoms with E-state index >= 15 is 0 Å². The van der Waals surface area contributed by atoms with E-state index in [4.69, 9.17) is 5.84 Å². The van der Waals surface area contributed by atoms with Crippen molar-refractivity contribution >= 4 is 11.0 Å². The van der Waals surface area contributed by atoms with Gasteiger partial charge in [0.25, 0.3) is 0 Å². The third-order valence-corrected chi connectivity index (χ3v) is 2.78. The number of imidazole rings is 1. The summed E-state index contributed by atoms with van der Waals surface area (Å²) in [7, 11) is 0. The summed E-state index contributed by atoms with van der Waals surface area (Å²) in [6, 6.07) is 8.27. The molecule has 0 bridgehead atoms. The Morgan fingerprint density at radius 2 is 2.29 bits per heavy atom. The van der Waals surface area contributed by atoms with Crippen molar-refractivity contribution in [2.75, 3.05) is 0 Å². The molecule has 1 unspecified atom stereocenters. The lowest BCUT2D eigenvalue weighted by molar-refractivity contribution is 0.460. The minimum absolute atomic E-state index is 0.185. The van der Waals surface area contributed by atoms with Crippen LogP contribution < -0.4 is 11.3 Å². The molecule has 0 aliphatic carbocycles. The summed E-state index contributed by atoms with van der Waals surface area (Å²) in [5.74, 6) is 5.56. The molecule has 2 aromatic rings. The minimum atomic E-state index is 0.185. The number of hydrazine groups is 1. The van der Waals surface area contributed by atoms with Crippen LogP contribution >= 0.6 is 0 Å². The van der Waals surface area contributed by atoms with Gasteiger partial charge in [0.15, 0.2) is 0 Å². The Morgan fingerprint density at radius 1 is 1.53 bits per heavy atom. The maximum Gasteiger partial charge on any atom is 0.0958 e. The molecule has 0 aliphatic heterocycles. The molecule has 1 heterocycles. The van der Waals surface area contributed by atoms with Gasteiger partial charge in [0, 0.05) is 12.6 Å². The predicted octanol–water partition coefficient (Wildman–Crippen LogP) is 1.83. The average Bonchev–Trinajstić information content (AvgIpc) is 2.71. The number of para-hydroxylation sites is 2. The molecule has 1 atom stereocenters. The molecule has 3 N–H and O–H groups in total. The Labute approximate surface area is 101 Å². The molecule has 0 radical (unpaired) electrons. The number of aromatic nitrogens is 2. The molecular weight excluding hydrogens is 212 g/mol. The molecule has 0 aliphatic rings. The molecule has 0 amide bonds. The van der Waals surface area contributed by atoms with E-state index in [9.17, 15) is 0 Å². The zero-order chi connectivity index (χ0) is 12.3. The van der Waals surface area contributed by atoms with E-state index in [0.29, 0.717) is 0 Å². The first-order chi connectivity index (χ1) is 8.20. The van der Waals surface area contributed by atoms with Gasteiger partial charge in [-0.3, -0.25) is 11.3 Å². The van der Waals surface area contributed by atoms with Crippen LogP contribution in [-0.2, 0) is 6.54 Å². The predicted molar refractivity (Wildman–Crippen MR) is 70.3 cm³/mol. The fourth-order valence-electron chi connectivity index (χ4n) is 1.99. The van der Waals surface area contributed by atoms with Crippen LogP contribution in [0.3, 0.4) is 0 Å². The first-order valence-electron chi connectivity index (χ1n) is 5.71. The Bertz CT molecular complexity index is 515. The lowest BCUT2D eigenvalue weighted by Crippen LogP contribution is -2.38. The van der Waals surface area contributed by atoms with Gasteiger partial charge in [-0.05, 0) is 25.5 Å². The average molecular weight is 230 g/mol. The lowest BCUT2D eigenvalue weighted by atomic mass is 10.1. The van der Waals surface area contributed by atoms with Crippen molar-refractivity contribution in [3.8, 4) is 0 Å². The van der Waals surface area contributed by atoms with Crippen LogP contribution in [-0.4, -0.2) is 15.6 Å². The number of nitrogens with zero attached hydrogens (tertiary/aromatic N) is 2. The second-order valence-corrected chi connectivity index (χ2v) is 4.41. The maximum atomic E-state index is 5.56. The van der Waals surface area contributed by atoms with Crippen molar-refractivity contribution < 1.29 is 0 Å². The van der Waals surface area contributed by atoms with Gasteiger partial charge in [0.2, 0.25) is 0 Å². The van der Waals surface area contributed by atoms with E-state index in [1.165, 1.54) is 0 Å². The molecule has 2 rings (SSSR count). The van der Waals surface area contributed by atoms with E-state index in [1.807, 2.05) is 31.5 Å². The van der Waals surface area contributed by atoms with E-state index < -0.39 is 0 Å². The standard InChI is InChI=1S/C13H18N4/c1-10(2)7-11(16-14)8-17-9-15-12-5-3-4-6-13(12)17/h3-6,9,11,16H,1,7-8,14H2,2H3. The van der Waals surface area contributed by atoms with Crippen molar-refractivity contribution in [1.82, 2.24) is 15.0 Å². The molecule has 0 spiro atoms. The minimum Gasteiger partial charge on any atom is -0.329 e. The van der Waals surface area contributed by atoms with E-state index in [2.05, 4.69) is 27.6 Å². The Hall–Kier alpha value is -1.65. The zero-order valence-electron chi connectivity index (χ0n) is 10.1. The van der Waals surface area contributed by atoms with Crippen molar-refractivity contribution in [3.05, 3.63) is 42.7 Å². The zero-order valence-corrected chi connectivity index (χ0v) is 10.1. The highest BCUT2D eigenvalue weighted by Crippen LogP contribution is 2.13. The van der Waals surface area contributed by atoms with Gasteiger partial charge in [-0.25, -0.2) is 4.98 Å². The fourth-order valence-corrected chi connectivity index (χ4v) is 1.99. The van der Waals surface area contributed by atoms with Gasteiger partial charge in [-0.1, -0.05) is 17.7 Å². The first-order valence-corrected chi connectivity index (χ1v) is 5.71. The molecule has 1 aromatic carbocycles. The molecular formula is C13H18N4. The number of rotatable bonds is 5. The smallest absolute Gasteiger partial charge is 0.0958 e. The van der Waals surface area contributed by atoms with Gasteiger partial charge in [0.05, 0.1) is 17.4 Å².